The molecule has 0 atom stereocenters. The van der Waals surface area contributed by atoms with Crippen molar-refractivity contribution >= 4 is 22.6 Å². The van der Waals surface area contributed by atoms with Gasteiger partial charge in [-0.3, -0.25) is 10.1 Å². The summed E-state index contributed by atoms with van der Waals surface area (Å²) in [6, 6.07) is 15.0. The number of rotatable bonds is 8. The second-order valence-corrected chi connectivity index (χ2v) is 7.85. The average Bonchev–Trinajstić information content (AvgIpc) is 3.30. The van der Waals surface area contributed by atoms with E-state index in [0.29, 0.717) is 22.4 Å². The number of ether oxygens (including phenoxy) is 3. The van der Waals surface area contributed by atoms with Gasteiger partial charge in [-0.15, -0.1) is 0 Å². The zero-order valence-corrected chi connectivity index (χ0v) is 23.2. The molecule has 4 aromatic rings. The third-order valence-corrected chi connectivity index (χ3v) is 4.97. The Hall–Kier alpha value is -4.40. The number of hydrogen-bond donors (Lipinski definition) is 0. The number of carbonyl (C=O) groups is 1. The van der Waals surface area contributed by atoms with Gasteiger partial charge in [0.15, 0.2) is 5.75 Å². The Labute approximate surface area is 227 Å². The molecule has 208 valence electrons. The summed E-state index contributed by atoms with van der Waals surface area (Å²) in [7, 11) is 0. The zero-order chi connectivity index (χ0) is 29.1. The first-order chi connectivity index (χ1) is 18.8. The minimum Gasteiger partial charge on any atom is -0.484 e. The van der Waals surface area contributed by atoms with E-state index in [1.165, 1.54) is 36.4 Å². The van der Waals surface area contributed by atoms with Crippen LogP contribution in [0.3, 0.4) is 0 Å². The molecule has 0 radical (unpaired) electrons. The molecule has 0 aliphatic carbocycles. The standard InChI is InChI=1S/C26H22FNO7.2C2H6/c1-4-32-26(29)24-20-13-23(33-15(2)3)21(28(30)31)14-22(20)35-25(24)16-5-9-18(10-6-16)34-19-11-7-17(27)8-12-19;2*1-2/h5-15H,4H2,1-3H3;2*1-2H3. The van der Waals surface area contributed by atoms with Crippen LogP contribution in [0.15, 0.2) is 65.1 Å². The van der Waals surface area contributed by atoms with Crippen molar-refractivity contribution in [3.63, 3.8) is 0 Å². The molecule has 8 nitrogen and oxygen atoms in total. The summed E-state index contributed by atoms with van der Waals surface area (Å²) >= 11 is 0. The van der Waals surface area contributed by atoms with Crippen LogP contribution >= 0.6 is 0 Å². The number of nitrogens with zero attached hydrogens (tertiary/aromatic N) is 1. The minimum atomic E-state index is -0.628. The predicted molar refractivity (Wildman–Crippen MR) is 149 cm³/mol. The molecule has 0 saturated carbocycles. The summed E-state index contributed by atoms with van der Waals surface area (Å²) in [6.07, 6.45) is -0.322. The topological polar surface area (TPSA) is 101 Å². The van der Waals surface area contributed by atoms with Gasteiger partial charge >= 0.3 is 11.7 Å². The number of esters is 1. The Bertz CT molecular complexity index is 1380. The fraction of sp³-hybridized carbons (Fsp3) is 0.300. The van der Waals surface area contributed by atoms with Crippen LogP contribution < -0.4 is 9.47 Å². The highest BCUT2D eigenvalue weighted by atomic mass is 19.1. The molecule has 0 aliphatic rings. The Balaban J connectivity index is 0.00000127. The van der Waals surface area contributed by atoms with E-state index in [0.717, 1.165) is 0 Å². The van der Waals surface area contributed by atoms with Crippen LogP contribution in [-0.2, 0) is 4.74 Å². The first-order valence-electron chi connectivity index (χ1n) is 12.9. The predicted octanol–water partition coefficient (Wildman–Crippen LogP) is 8.96. The largest absolute Gasteiger partial charge is 0.484 e. The molecule has 0 spiro atoms. The highest BCUT2D eigenvalue weighted by molar-refractivity contribution is 6.09. The monoisotopic (exact) mass is 539 g/mol. The van der Waals surface area contributed by atoms with Crippen LogP contribution in [0.25, 0.3) is 22.3 Å². The Morgan fingerprint density at radius 3 is 2.05 bits per heavy atom. The number of furan rings is 1. The lowest BCUT2D eigenvalue weighted by Crippen LogP contribution is -2.08. The van der Waals surface area contributed by atoms with Gasteiger partial charge in [0, 0.05) is 10.9 Å². The van der Waals surface area contributed by atoms with Gasteiger partial charge in [-0.05, 0) is 75.4 Å². The first-order valence-corrected chi connectivity index (χ1v) is 12.9. The van der Waals surface area contributed by atoms with E-state index in [-0.39, 0.29) is 46.9 Å². The maximum atomic E-state index is 13.1. The molecule has 0 bridgehead atoms. The third-order valence-electron chi connectivity index (χ3n) is 4.97. The van der Waals surface area contributed by atoms with E-state index in [2.05, 4.69) is 0 Å². The molecule has 0 amide bonds. The number of fused-ring (bicyclic) bond motifs is 1. The Kier molecular flexibility index (Phi) is 11.5. The first kappa shape index (κ1) is 30.8. The fourth-order valence-electron chi connectivity index (χ4n) is 3.53. The van der Waals surface area contributed by atoms with E-state index >= 15 is 0 Å². The molecule has 4 rings (SSSR count). The average molecular weight is 540 g/mol. The molecule has 39 heavy (non-hydrogen) atoms. The van der Waals surface area contributed by atoms with Crippen LogP contribution in [0.2, 0.25) is 0 Å². The van der Waals surface area contributed by atoms with Crippen molar-refractivity contribution in [2.24, 2.45) is 0 Å². The van der Waals surface area contributed by atoms with Gasteiger partial charge in [-0.25, -0.2) is 9.18 Å². The normalized spacial score (nSPS) is 10.2. The van der Waals surface area contributed by atoms with E-state index in [4.69, 9.17) is 18.6 Å². The quantitative estimate of drug-likeness (QED) is 0.125. The summed E-state index contributed by atoms with van der Waals surface area (Å²) in [5, 5.41) is 11.9. The molecular weight excluding hydrogens is 505 g/mol. The number of halogens is 1. The number of nitro groups is 1. The highest BCUT2D eigenvalue weighted by Crippen LogP contribution is 2.41. The second-order valence-electron chi connectivity index (χ2n) is 7.85. The van der Waals surface area contributed by atoms with Crippen LogP contribution in [0.4, 0.5) is 10.1 Å². The van der Waals surface area contributed by atoms with Gasteiger partial charge in [-0.1, -0.05) is 27.7 Å². The molecule has 0 unspecified atom stereocenters. The molecule has 0 aliphatic heterocycles. The highest BCUT2D eigenvalue weighted by Gasteiger charge is 2.28. The summed E-state index contributed by atoms with van der Waals surface area (Å²) in [5.41, 5.74) is 0.546. The van der Waals surface area contributed by atoms with Gasteiger partial charge in [-0.2, -0.15) is 0 Å². The fourth-order valence-corrected chi connectivity index (χ4v) is 3.53. The molecule has 1 aromatic heterocycles. The van der Waals surface area contributed by atoms with Crippen LogP contribution in [0.5, 0.6) is 17.2 Å². The smallest absolute Gasteiger partial charge is 0.342 e. The molecular formula is C30H34FNO7. The number of hydrogen-bond acceptors (Lipinski definition) is 7. The maximum absolute atomic E-state index is 13.1. The summed E-state index contributed by atoms with van der Waals surface area (Å²) in [6.45, 7) is 13.3. The Morgan fingerprint density at radius 2 is 1.54 bits per heavy atom. The van der Waals surface area contributed by atoms with Gasteiger partial charge < -0.3 is 18.6 Å². The van der Waals surface area contributed by atoms with Crippen molar-refractivity contribution in [2.75, 3.05) is 6.61 Å². The van der Waals surface area contributed by atoms with E-state index in [1.807, 2.05) is 27.7 Å². The lowest BCUT2D eigenvalue weighted by Gasteiger charge is -2.10. The zero-order valence-electron chi connectivity index (χ0n) is 23.2. The van der Waals surface area contributed by atoms with Gasteiger partial charge in [0.1, 0.15) is 34.2 Å². The van der Waals surface area contributed by atoms with E-state index < -0.39 is 10.9 Å². The lowest BCUT2D eigenvalue weighted by molar-refractivity contribution is -0.385. The summed E-state index contributed by atoms with van der Waals surface area (Å²) < 4.78 is 35.6. The van der Waals surface area contributed by atoms with Crippen molar-refractivity contribution in [3.8, 4) is 28.6 Å². The van der Waals surface area contributed by atoms with Crippen molar-refractivity contribution in [3.05, 3.63) is 82.2 Å². The van der Waals surface area contributed by atoms with Crippen molar-refractivity contribution in [2.45, 2.75) is 54.6 Å². The lowest BCUT2D eigenvalue weighted by atomic mass is 10.0. The maximum Gasteiger partial charge on any atom is 0.342 e. The van der Waals surface area contributed by atoms with Crippen molar-refractivity contribution in [1.29, 1.82) is 0 Å². The SMILES string of the molecule is CC.CC.CCOC(=O)c1c(-c2ccc(Oc3ccc(F)cc3)cc2)oc2cc([N+](=O)[O-])c(OC(C)C)cc12. The molecule has 3 aromatic carbocycles. The van der Waals surface area contributed by atoms with E-state index in [9.17, 15) is 19.3 Å². The minimum absolute atomic E-state index is 0.0263. The molecule has 9 heteroatoms. The molecule has 0 fully saturated rings. The van der Waals surface area contributed by atoms with Crippen LogP contribution in [-0.4, -0.2) is 23.6 Å². The summed E-state index contributed by atoms with van der Waals surface area (Å²) in [4.78, 5) is 23.9. The van der Waals surface area contributed by atoms with Gasteiger partial charge in [0.05, 0.1) is 23.7 Å². The number of carbonyl (C=O) groups excluding carboxylic acids is 1. The summed E-state index contributed by atoms with van der Waals surface area (Å²) in [5.74, 6) is 0.169. The molecule has 1 heterocycles. The molecule has 0 N–H and O–H groups in total. The van der Waals surface area contributed by atoms with E-state index in [1.54, 1.807) is 45.0 Å². The van der Waals surface area contributed by atoms with Crippen molar-refractivity contribution < 1.29 is 32.7 Å². The van der Waals surface area contributed by atoms with Gasteiger partial charge in [0.25, 0.3) is 0 Å². The third kappa shape index (κ3) is 7.56. The second kappa shape index (κ2) is 14.5. The Morgan fingerprint density at radius 1 is 0.974 bits per heavy atom. The number of nitro benzene ring substituents is 1. The number of benzene rings is 3. The van der Waals surface area contributed by atoms with Crippen LogP contribution in [0, 0.1) is 15.9 Å². The van der Waals surface area contributed by atoms with Crippen molar-refractivity contribution in [1.82, 2.24) is 0 Å². The van der Waals surface area contributed by atoms with Gasteiger partial charge in [0.2, 0.25) is 0 Å². The van der Waals surface area contributed by atoms with Crippen LogP contribution in [0.1, 0.15) is 58.8 Å². The molecule has 0 saturated heterocycles.